The minimum atomic E-state index is -4.94. The second kappa shape index (κ2) is 14.1. The van der Waals surface area contributed by atoms with E-state index in [9.17, 15) is 36.3 Å². The predicted molar refractivity (Wildman–Crippen MR) is 155 cm³/mol. The van der Waals surface area contributed by atoms with Crippen molar-refractivity contribution in [1.29, 1.82) is 0 Å². The van der Waals surface area contributed by atoms with Gasteiger partial charge in [0.05, 0.1) is 11.5 Å². The van der Waals surface area contributed by atoms with Crippen molar-refractivity contribution in [3.05, 3.63) is 89.5 Å². The second-order valence-electron chi connectivity index (χ2n) is 10.4. The molecule has 0 aromatic heterocycles. The number of para-hydroxylation sites is 1. The standard InChI is InChI=1S/C31H33F3N2O7S/c1-2-5-21-8-10-22(11-9-21)19-35-29(37)27-18-23(20-42-28-7-4-3-6-26(28)30(38)39)16-17-36(27)44(40,41)25-14-12-24(13-15-25)43-31(32,33)34/h3-4,6-15,23,27H,2,5,16-20H2,1H3,(H,35,37)(H,38,39)/t23-,27-/m1/s1. The van der Waals surface area contributed by atoms with E-state index in [0.29, 0.717) is 6.42 Å². The SMILES string of the molecule is CCCc1ccc(CNC(=O)[C@H]2C[C@H](COc3ccccc3C(=O)O)CCN2S(=O)(=O)c2ccc(OC(F)(F)F)cc2)cc1. The van der Waals surface area contributed by atoms with E-state index in [1.54, 1.807) is 12.1 Å². The Labute approximate surface area is 253 Å². The molecule has 4 rings (SSSR count). The van der Waals surface area contributed by atoms with Gasteiger partial charge in [0.15, 0.2) is 0 Å². The molecule has 1 aliphatic heterocycles. The van der Waals surface area contributed by atoms with Gasteiger partial charge in [-0.15, -0.1) is 13.2 Å². The van der Waals surface area contributed by atoms with Gasteiger partial charge in [0, 0.05) is 13.1 Å². The van der Waals surface area contributed by atoms with Crippen molar-refractivity contribution in [1.82, 2.24) is 9.62 Å². The zero-order chi connectivity index (χ0) is 31.9. The van der Waals surface area contributed by atoms with Crippen LogP contribution in [0, 0.1) is 5.92 Å². The summed E-state index contributed by atoms with van der Waals surface area (Å²) in [6.07, 6.45) is -2.65. The molecule has 44 heavy (non-hydrogen) atoms. The minimum absolute atomic E-state index is 0.0234. The van der Waals surface area contributed by atoms with Crippen LogP contribution in [0.5, 0.6) is 11.5 Å². The Balaban J connectivity index is 1.53. The van der Waals surface area contributed by atoms with Gasteiger partial charge in [-0.25, -0.2) is 13.2 Å². The Morgan fingerprint density at radius 1 is 1.00 bits per heavy atom. The molecule has 3 aromatic rings. The topological polar surface area (TPSA) is 122 Å². The van der Waals surface area contributed by atoms with Crippen LogP contribution in [-0.4, -0.2) is 55.3 Å². The fraction of sp³-hybridized carbons (Fsp3) is 0.355. The molecule has 0 aliphatic carbocycles. The van der Waals surface area contributed by atoms with Crippen molar-refractivity contribution in [3.63, 3.8) is 0 Å². The van der Waals surface area contributed by atoms with Crippen LogP contribution in [0.4, 0.5) is 13.2 Å². The number of ether oxygens (including phenoxy) is 2. The van der Waals surface area contributed by atoms with Crippen LogP contribution in [0.25, 0.3) is 0 Å². The maximum Gasteiger partial charge on any atom is 0.573 e. The number of carbonyl (C=O) groups is 2. The quantitative estimate of drug-likeness (QED) is 0.274. The summed E-state index contributed by atoms with van der Waals surface area (Å²) < 4.78 is 75.8. The molecule has 0 saturated carbocycles. The lowest BCUT2D eigenvalue weighted by Crippen LogP contribution is -2.54. The molecule has 9 nitrogen and oxygen atoms in total. The number of halogens is 3. The van der Waals surface area contributed by atoms with Crippen LogP contribution in [0.3, 0.4) is 0 Å². The van der Waals surface area contributed by atoms with Crippen molar-refractivity contribution in [2.45, 2.75) is 56.5 Å². The number of piperidine rings is 1. The number of amides is 1. The molecule has 1 heterocycles. The second-order valence-corrected chi connectivity index (χ2v) is 12.3. The lowest BCUT2D eigenvalue weighted by atomic mass is 9.92. The summed E-state index contributed by atoms with van der Waals surface area (Å²) in [7, 11) is -4.30. The average Bonchev–Trinajstić information content (AvgIpc) is 2.99. The molecule has 1 aliphatic rings. The van der Waals surface area contributed by atoms with Gasteiger partial charge in [-0.1, -0.05) is 49.7 Å². The summed E-state index contributed by atoms with van der Waals surface area (Å²) in [6.45, 7) is 2.21. The number of hydrogen-bond donors (Lipinski definition) is 2. The molecule has 2 atom stereocenters. The van der Waals surface area contributed by atoms with Gasteiger partial charge >= 0.3 is 12.3 Å². The van der Waals surface area contributed by atoms with E-state index in [-0.39, 0.29) is 48.2 Å². The summed E-state index contributed by atoms with van der Waals surface area (Å²) in [4.78, 5) is 24.8. The highest BCUT2D eigenvalue weighted by molar-refractivity contribution is 7.89. The Morgan fingerprint density at radius 2 is 1.66 bits per heavy atom. The Morgan fingerprint density at radius 3 is 2.30 bits per heavy atom. The van der Waals surface area contributed by atoms with E-state index in [4.69, 9.17) is 4.74 Å². The molecular weight excluding hydrogens is 601 g/mol. The molecule has 236 valence electrons. The normalized spacial score (nSPS) is 17.5. The minimum Gasteiger partial charge on any atom is -0.492 e. The van der Waals surface area contributed by atoms with E-state index >= 15 is 0 Å². The van der Waals surface area contributed by atoms with Gasteiger partial charge < -0.3 is 19.9 Å². The van der Waals surface area contributed by atoms with Crippen LogP contribution in [0.1, 0.15) is 47.7 Å². The highest BCUT2D eigenvalue weighted by Gasteiger charge is 2.41. The molecular formula is C31H33F3N2O7S. The lowest BCUT2D eigenvalue weighted by Gasteiger charge is -2.37. The van der Waals surface area contributed by atoms with Crippen LogP contribution in [0.2, 0.25) is 0 Å². The predicted octanol–water partition coefficient (Wildman–Crippen LogP) is 5.40. The smallest absolute Gasteiger partial charge is 0.492 e. The van der Waals surface area contributed by atoms with Crippen LogP contribution < -0.4 is 14.8 Å². The summed E-state index contributed by atoms with van der Waals surface area (Å²) in [6, 6.07) is 16.5. The fourth-order valence-corrected chi connectivity index (χ4v) is 6.65. The molecule has 0 unspecified atom stereocenters. The zero-order valence-electron chi connectivity index (χ0n) is 23.9. The first-order valence-electron chi connectivity index (χ1n) is 14.1. The zero-order valence-corrected chi connectivity index (χ0v) is 24.7. The van der Waals surface area contributed by atoms with Gasteiger partial charge in [-0.2, -0.15) is 4.31 Å². The number of carboxylic acids is 1. The molecule has 1 amide bonds. The van der Waals surface area contributed by atoms with Crippen molar-refractivity contribution < 1.29 is 45.8 Å². The number of carboxylic acid groups (broad SMARTS) is 1. The number of rotatable bonds is 12. The van der Waals surface area contributed by atoms with E-state index in [1.165, 1.54) is 12.1 Å². The Kier molecular flexibility index (Phi) is 10.5. The largest absolute Gasteiger partial charge is 0.573 e. The third-order valence-corrected chi connectivity index (χ3v) is 9.17. The van der Waals surface area contributed by atoms with Crippen molar-refractivity contribution in [3.8, 4) is 11.5 Å². The Bertz CT molecular complexity index is 1550. The van der Waals surface area contributed by atoms with E-state index < -0.39 is 40.1 Å². The number of aryl methyl sites for hydroxylation is 1. The number of aromatic carboxylic acids is 1. The van der Waals surface area contributed by atoms with E-state index in [1.807, 2.05) is 24.3 Å². The lowest BCUT2D eigenvalue weighted by molar-refractivity contribution is -0.274. The first-order chi connectivity index (χ1) is 20.9. The molecule has 0 bridgehead atoms. The molecule has 0 radical (unpaired) electrons. The van der Waals surface area contributed by atoms with Crippen molar-refractivity contribution in [2.75, 3.05) is 13.2 Å². The first-order valence-corrected chi connectivity index (χ1v) is 15.5. The third-order valence-electron chi connectivity index (χ3n) is 7.25. The Hall–Kier alpha value is -4.10. The van der Waals surface area contributed by atoms with Gasteiger partial charge in [0.25, 0.3) is 0 Å². The fourth-order valence-electron chi connectivity index (χ4n) is 5.04. The van der Waals surface area contributed by atoms with Gasteiger partial charge in [0.2, 0.25) is 15.9 Å². The monoisotopic (exact) mass is 634 g/mol. The first kappa shape index (κ1) is 32.8. The van der Waals surface area contributed by atoms with Crippen LogP contribution in [0.15, 0.2) is 77.7 Å². The molecule has 2 N–H and O–H groups in total. The number of hydrogen-bond acceptors (Lipinski definition) is 6. The van der Waals surface area contributed by atoms with Crippen molar-refractivity contribution >= 4 is 21.9 Å². The van der Waals surface area contributed by atoms with Gasteiger partial charge in [-0.05, 0) is 72.7 Å². The molecule has 1 fully saturated rings. The summed E-state index contributed by atoms with van der Waals surface area (Å²) in [5.41, 5.74) is 1.96. The maximum absolute atomic E-state index is 13.7. The van der Waals surface area contributed by atoms with Crippen molar-refractivity contribution in [2.24, 2.45) is 5.92 Å². The highest BCUT2D eigenvalue weighted by atomic mass is 32.2. The molecule has 3 aromatic carbocycles. The number of carbonyl (C=O) groups excluding carboxylic acids is 1. The summed E-state index contributed by atoms with van der Waals surface area (Å²) in [5, 5.41) is 12.3. The van der Waals surface area contributed by atoms with Gasteiger partial charge in [0.1, 0.15) is 23.1 Å². The highest BCUT2D eigenvalue weighted by Crippen LogP contribution is 2.32. The van der Waals surface area contributed by atoms with Gasteiger partial charge in [-0.3, -0.25) is 4.79 Å². The third kappa shape index (κ3) is 8.50. The molecule has 13 heteroatoms. The summed E-state index contributed by atoms with van der Waals surface area (Å²) >= 11 is 0. The number of benzene rings is 3. The molecule has 0 spiro atoms. The van der Waals surface area contributed by atoms with E-state index in [2.05, 4.69) is 17.0 Å². The number of nitrogens with one attached hydrogen (secondary N) is 1. The number of nitrogens with zero attached hydrogens (tertiary/aromatic N) is 1. The maximum atomic E-state index is 13.7. The number of sulfonamides is 1. The van der Waals surface area contributed by atoms with E-state index in [0.717, 1.165) is 52.5 Å². The number of alkyl halides is 3. The summed E-state index contributed by atoms with van der Waals surface area (Å²) in [5.74, 6) is -2.42. The average molecular weight is 635 g/mol. The van der Waals surface area contributed by atoms with Crippen LogP contribution >= 0.6 is 0 Å². The van der Waals surface area contributed by atoms with Crippen LogP contribution in [-0.2, 0) is 27.8 Å². The molecule has 1 saturated heterocycles.